The van der Waals surface area contributed by atoms with Gasteiger partial charge in [0.2, 0.25) is 5.91 Å². The number of carboxylic acids is 1. The Morgan fingerprint density at radius 2 is 1.95 bits per heavy atom. The molecule has 1 aliphatic carbocycles. The monoisotopic (exact) mass is 280 g/mol. The van der Waals surface area contributed by atoms with E-state index in [9.17, 15) is 9.59 Å². The molecule has 1 saturated heterocycles. The molecule has 0 aromatic carbocycles. The average molecular weight is 280 g/mol. The van der Waals surface area contributed by atoms with Crippen LogP contribution in [0, 0.1) is 0 Å². The topological polar surface area (TPSA) is 60.9 Å². The molecule has 2 aliphatic rings. The lowest BCUT2D eigenvalue weighted by Gasteiger charge is -2.22. The summed E-state index contributed by atoms with van der Waals surface area (Å²) in [6.07, 6.45) is 8.24. The molecule has 112 valence electrons. The predicted molar refractivity (Wildman–Crippen MR) is 76.4 cm³/mol. The molecule has 0 saturated carbocycles. The van der Waals surface area contributed by atoms with Gasteiger partial charge in [0, 0.05) is 32.6 Å². The van der Waals surface area contributed by atoms with Crippen molar-refractivity contribution < 1.29 is 14.7 Å². The van der Waals surface area contributed by atoms with Crippen molar-refractivity contribution in [1.29, 1.82) is 0 Å². The van der Waals surface area contributed by atoms with E-state index in [0.717, 1.165) is 32.4 Å². The molecule has 2 rings (SSSR count). The van der Waals surface area contributed by atoms with Gasteiger partial charge in [0.25, 0.3) is 0 Å². The maximum absolute atomic E-state index is 12.3. The zero-order chi connectivity index (χ0) is 14.4. The Kier molecular flexibility index (Phi) is 5.59. The molecule has 0 spiro atoms. The zero-order valence-electron chi connectivity index (χ0n) is 12.0. The molecule has 0 aromatic heterocycles. The van der Waals surface area contributed by atoms with Crippen molar-refractivity contribution in [3.05, 3.63) is 11.6 Å². The van der Waals surface area contributed by atoms with Crippen molar-refractivity contribution >= 4 is 11.9 Å². The Hall–Kier alpha value is -1.36. The van der Waals surface area contributed by atoms with Crippen LogP contribution in [0.4, 0.5) is 0 Å². The third-order valence-electron chi connectivity index (χ3n) is 4.06. The molecular formula is C15H24N2O3. The molecule has 0 aromatic rings. The van der Waals surface area contributed by atoms with E-state index in [1.165, 1.54) is 18.4 Å². The lowest BCUT2D eigenvalue weighted by atomic mass is 9.97. The number of rotatable bonds is 4. The first kappa shape index (κ1) is 15.0. The first-order valence-electron chi connectivity index (χ1n) is 7.55. The molecule has 0 unspecified atom stereocenters. The highest BCUT2D eigenvalue weighted by Crippen LogP contribution is 2.21. The highest BCUT2D eigenvalue weighted by atomic mass is 16.4. The van der Waals surface area contributed by atoms with Crippen LogP contribution in [-0.4, -0.2) is 59.5 Å². The van der Waals surface area contributed by atoms with Gasteiger partial charge in [0.15, 0.2) is 0 Å². The average Bonchev–Trinajstić information content (AvgIpc) is 2.65. The third-order valence-corrected chi connectivity index (χ3v) is 4.06. The van der Waals surface area contributed by atoms with Crippen molar-refractivity contribution in [2.75, 3.05) is 32.7 Å². The van der Waals surface area contributed by atoms with Crippen LogP contribution in [0.1, 0.15) is 38.5 Å². The number of nitrogens with zero attached hydrogens (tertiary/aromatic N) is 2. The van der Waals surface area contributed by atoms with E-state index >= 15 is 0 Å². The lowest BCUT2D eigenvalue weighted by Crippen LogP contribution is -2.36. The summed E-state index contributed by atoms with van der Waals surface area (Å²) in [7, 11) is 0. The molecule has 0 atom stereocenters. The van der Waals surface area contributed by atoms with Gasteiger partial charge in [0.05, 0.1) is 6.54 Å². The fourth-order valence-electron chi connectivity index (χ4n) is 2.94. The molecule has 1 aliphatic heterocycles. The van der Waals surface area contributed by atoms with Crippen LogP contribution in [0.15, 0.2) is 11.6 Å². The van der Waals surface area contributed by atoms with Crippen molar-refractivity contribution in [2.24, 2.45) is 0 Å². The summed E-state index contributed by atoms with van der Waals surface area (Å²) in [6, 6.07) is 0. The smallest absolute Gasteiger partial charge is 0.317 e. The van der Waals surface area contributed by atoms with Gasteiger partial charge in [-0.3, -0.25) is 14.5 Å². The van der Waals surface area contributed by atoms with Gasteiger partial charge in [0.1, 0.15) is 0 Å². The van der Waals surface area contributed by atoms with Crippen LogP contribution in [0.3, 0.4) is 0 Å². The first-order valence-corrected chi connectivity index (χ1v) is 7.55. The number of aliphatic carboxylic acids is 1. The molecule has 5 heteroatoms. The molecule has 1 fully saturated rings. The standard InChI is InChI=1S/C15H24N2O3/c18-14(11-13-5-2-1-3-6-13)17-8-4-7-16(9-10-17)12-15(19)20/h5H,1-4,6-12H2,(H,19,20). The van der Waals surface area contributed by atoms with E-state index < -0.39 is 5.97 Å². The molecule has 1 amide bonds. The maximum Gasteiger partial charge on any atom is 0.317 e. The fraction of sp³-hybridized carbons (Fsp3) is 0.733. The number of allylic oxidation sites excluding steroid dienone is 1. The number of hydrogen-bond donors (Lipinski definition) is 1. The highest BCUT2D eigenvalue weighted by Gasteiger charge is 2.21. The van der Waals surface area contributed by atoms with E-state index in [1.54, 1.807) is 0 Å². The molecule has 20 heavy (non-hydrogen) atoms. The van der Waals surface area contributed by atoms with Gasteiger partial charge >= 0.3 is 5.97 Å². The van der Waals surface area contributed by atoms with Crippen molar-refractivity contribution in [3.8, 4) is 0 Å². The Morgan fingerprint density at radius 3 is 2.65 bits per heavy atom. The van der Waals surface area contributed by atoms with E-state index in [1.807, 2.05) is 9.80 Å². The van der Waals surface area contributed by atoms with E-state index in [0.29, 0.717) is 19.5 Å². The third kappa shape index (κ3) is 4.63. The summed E-state index contributed by atoms with van der Waals surface area (Å²) in [4.78, 5) is 26.8. The number of carbonyl (C=O) groups is 2. The van der Waals surface area contributed by atoms with Gasteiger partial charge < -0.3 is 10.0 Å². The van der Waals surface area contributed by atoms with Crippen molar-refractivity contribution in [1.82, 2.24) is 9.80 Å². The summed E-state index contributed by atoms with van der Waals surface area (Å²) in [6.45, 7) is 2.91. The van der Waals surface area contributed by atoms with Crippen LogP contribution in [-0.2, 0) is 9.59 Å². The lowest BCUT2D eigenvalue weighted by molar-refractivity contribution is -0.138. The fourth-order valence-corrected chi connectivity index (χ4v) is 2.94. The summed E-state index contributed by atoms with van der Waals surface area (Å²) < 4.78 is 0. The Bertz CT molecular complexity index is 393. The second kappa shape index (κ2) is 7.43. The van der Waals surface area contributed by atoms with Crippen LogP contribution in [0.2, 0.25) is 0 Å². The van der Waals surface area contributed by atoms with E-state index in [2.05, 4.69) is 6.08 Å². The van der Waals surface area contributed by atoms with Crippen LogP contribution >= 0.6 is 0 Å². The predicted octanol–water partition coefficient (Wildman–Crippen LogP) is 1.50. The second-order valence-corrected chi connectivity index (χ2v) is 5.69. The van der Waals surface area contributed by atoms with Crippen molar-refractivity contribution in [2.45, 2.75) is 38.5 Å². The van der Waals surface area contributed by atoms with Gasteiger partial charge in [-0.05, 0) is 32.1 Å². The molecule has 1 N–H and O–H groups in total. The van der Waals surface area contributed by atoms with Crippen LogP contribution in [0.25, 0.3) is 0 Å². The largest absolute Gasteiger partial charge is 0.480 e. The molecule has 0 bridgehead atoms. The number of carbonyl (C=O) groups excluding carboxylic acids is 1. The van der Waals surface area contributed by atoms with Gasteiger partial charge in [-0.1, -0.05) is 11.6 Å². The SMILES string of the molecule is O=C(O)CN1CCCN(C(=O)CC2=CCCCC2)CC1. The second-order valence-electron chi connectivity index (χ2n) is 5.69. The quantitative estimate of drug-likeness (QED) is 0.793. The highest BCUT2D eigenvalue weighted by molar-refractivity contribution is 5.78. The molecule has 1 heterocycles. The molecule has 5 nitrogen and oxygen atoms in total. The zero-order valence-corrected chi connectivity index (χ0v) is 12.0. The van der Waals surface area contributed by atoms with Gasteiger partial charge in [-0.2, -0.15) is 0 Å². The minimum Gasteiger partial charge on any atom is -0.480 e. The summed E-state index contributed by atoms with van der Waals surface area (Å²) in [5.41, 5.74) is 1.29. The molecule has 0 radical (unpaired) electrons. The van der Waals surface area contributed by atoms with Crippen LogP contribution < -0.4 is 0 Å². The van der Waals surface area contributed by atoms with E-state index in [-0.39, 0.29) is 12.5 Å². The summed E-state index contributed by atoms with van der Waals surface area (Å²) >= 11 is 0. The minimum absolute atomic E-state index is 0.0766. The van der Waals surface area contributed by atoms with E-state index in [4.69, 9.17) is 5.11 Å². The number of carboxylic acid groups (broad SMARTS) is 1. The Labute approximate surface area is 120 Å². The van der Waals surface area contributed by atoms with Gasteiger partial charge in [-0.15, -0.1) is 0 Å². The summed E-state index contributed by atoms with van der Waals surface area (Å²) in [5.74, 6) is -0.590. The first-order chi connectivity index (χ1) is 9.65. The number of amides is 1. The van der Waals surface area contributed by atoms with Crippen LogP contribution in [0.5, 0.6) is 0 Å². The molecular weight excluding hydrogens is 256 g/mol. The van der Waals surface area contributed by atoms with Crippen molar-refractivity contribution in [3.63, 3.8) is 0 Å². The maximum atomic E-state index is 12.3. The normalized spacial score (nSPS) is 21.2. The number of hydrogen-bond acceptors (Lipinski definition) is 3. The minimum atomic E-state index is -0.794. The summed E-state index contributed by atoms with van der Waals surface area (Å²) in [5, 5.41) is 8.82. The van der Waals surface area contributed by atoms with Gasteiger partial charge in [-0.25, -0.2) is 0 Å². The Balaban J connectivity index is 1.81. The Morgan fingerprint density at radius 1 is 1.10 bits per heavy atom.